The van der Waals surface area contributed by atoms with Crippen molar-refractivity contribution in [3.63, 3.8) is 0 Å². The first-order chi connectivity index (χ1) is 11.8. The van der Waals surface area contributed by atoms with E-state index < -0.39 is 5.54 Å². The van der Waals surface area contributed by atoms with Gasteiger partial charge in [0.05, 0.1) is 17.2 Å². The zero-order chi connectivity index (χ0) is 18.4. The van der Waals surface area contributed by atoms with Crippen molar-refractivity contribution in [2.75, 3.05) is 6.61 Å². The molecule has 0 saturated heterocycles. The smallest absolute Gasteiger partial charge is 0.256 e. The second-order valence-electron chi connectivity index (χ2n) is 7.55. The van der Waals surface area contributed by atoms with Gasteiger partial charge in [-0.3, -0.25) is 4.79 Å². The first-order valence-corrected chi connectivity index (χ1v) is 9.26. The maximum atomic E-state index is 12.8. The Hall–Kier alpha value is -1.81. The average Bonchev–Trinajstić information content (AvgIpc) is 2.80. The molecule has 1 saturated carbocycles. The van der Waals surface area contributed by atoms with Crippen LogP contribution in [-0.2, 0) is 9.53 Å². The molecule has 1 aromatic carbocycles. The highest BCUT2D eigenvalue weighted by Crippen LogP contribution is 2.43. The predicted octanol–water partition coefficient (Wildman–Crippen LogP) is 4.04. The zero-order valence-corrected chi connectivity index (χ0v) is 16.0. The fraction of sp³-hybridized carbons (Fsp3) is 0.571. The molecule has 2 aliphatic rings. The maximum Gasteiger partial charge on any atom is 0.256 e. The van der Waals surface area contributed by atoms with Gasteiger partial charge in [0, 0.05) is 6.61 Å². The molecule has 0 unspecified atom stereocenters. The molecular weight excluding hydrogens is 314 g/mol. The van der Waals surface area contributed by atoms with Crippen LogP contribution >= 0.6 is 0 Å². The minimum absolute atomic E-state index is 0.151. The monoisotopic (exact) mass is 343 g/mol. The Kier molecular flexibility index (Phi) is 4.67. The molecule has 1 aromatic rings. The summed E-state index contributed by atoms with van der Waals surface area (Å²) < 4.78 is 5.72. The summed E-state index contributed by atoms with van der Waals surface area (Å²) in [5.41, 5.74) is 5.25. The van der Waals surface area contributed by atoms with Gasteiger partial charge in [-0.25, -0.2) is 0 Å². The SMILES string of the molecule is CCOC1CCC2(CC1)NC(=O)C(c1c(C)cc(C)c(C)c1C)=C2O. The number of carbonyl (C=O) groups is 1. The number of benzene rings is 1. The number of nitrogens with one attached hydrogen (secondary N) is 1. The van der Waals surface area contributed by atoms with Crippen LogP contribution in [0.25, 0.3) is 5.57 Å². The first kappa shape index (κ1) is 18.0. The standard InChI is InChI=1S/C21H29NO3/c1-6-25-16-7-9-21(10-8-16)19(23)18(20(24)22-21)17-13(3)11-12(2)14(4)15(17)5/h11,16,23H,6-10H2,1-5H3,(H,22,24). The van der Waals surface area contributed by atoms with Gasteiger partial charge in [-0.15, -0.1) is 0 Å². The number of hydrogen-bond donors (Lipinski definition) is 2. The number of carbonyl (C=O) groups excluding carboxylic acids is 1. The number of aliphatic hydroxyl groups is 1. The van der Waals surface area contributed by atoms with Crippen LogP contribution in [-0.4, -0.2) is 29.3 Å². The molecular formula is C21H29NO3. The number of ether oxygens (including phenoxy) is 1. The Bertz CT molecular complexity index is 740. The lowest BCUT2D eigenvalue weighted by molar-refractivity contribution is -0.116. The van der Waals surface area contributed by atoms with E-state index >= 15 is 0 Å². The predicted molar refractivity (Wildman–Crippen MR) is 99.7 cm³/mol. The third-order valence-corrected chi connectivity index (χ3v) is 6.06. The minimum atomic E-state index is -0.613. The molecule has 1 aliphatic heterocycles. The second kappa shape index (κ2) is 6.49. The Morgan fingerprint density at radius 1 is 1.16 bits per heavy atom. The largest absolute Gasteiger partial charge is 0.509 e. The second-order valence-corrected chi connectivity index (χ2v) is 7.55. The molecule has 136 valence electrons. The summed E-state index contributed by atoms with van der Waals surface area (Å²) in [7, 11) is 0. The molecule has 0 bridgehead atoms. The van der Waals surface area contributed by atoms with Crippen molar-refractivity contribution < 1.29 is 14.6 Å². The van der Waals surface area contributed by atoms with E-state index in [-0.39, 0.29) is 17.8 Å². The van der Waals surface area contributed by atoms with E-state index in [0.29, 0.717) is 12.2 Å². The minimum Gasteiger partial charge on any atom is -0.509 e. The van der Waals surface area contributed by atoms with E-state index in [1.54, 1.807) is 0 Å². The molecule has 4 heteroatoms. The molecule has 1 aliphatic carbocycles. The van der Waals surface area contributed by atoms with E-state index in [9.17, 15) is 9.90 Å². The molecule has 3 rings (SSSR count). The van der Waals surface area contributed by atoms with E-state index in [1.807, 2.05) is 20.8 Å². The lowest BCUT2D eigenvalue weighted by Gasteiger charge is -2.37. The summed E-state index contributed by atoms with van der Waals surface area (Å²) in [5, 5.41) is 14.2. The van der Waals surface area contributed by atoms with Gasteiger partial charge in [-0.05, 0) is 88.1 Å². The third kappa shape index (κ3) is 2.86. The van der Waals surface area contributed by atoms with Crippen molar-refractivity contribution in [3.8, 4) is 0 Å². The first-order valence-electron chi connectivity index (χ1n) is 9.26. The molecule has 4 nitrogen and oxygen atoms in total. The molecule has 1 amide bonds. The number of rotatable bonds is 3. The van der Waals surface area contributed by atoms with E-state index in [2.05, 4.69) is 25.2 Å². The molecule has 1 fully saturated rings. The van der Waals surface area contributed by atoms with Gasteiger partial charge in [0.2, 0.25) is 0 Å². The topological polar surface area (TPSA) is 58.6 Å². The fourth-order valence-corrected chi connectivity index (χ4v) is 4.43. The normalized spacial score (nSPS) is 26.4. The van der Waals surface area contributed by atoms with Crippen molar-refractivity contribution in [1.29, 1.82) is 0 Å². The molecule has 1 spiro atoms. The van der Waals surface area contributed by atoms with Crippen LogP contribution in [0.2, 0.25) is 0 Å². The number of hydrogen-bond acceptors (Lipinski definition) is 3. The van der Waals surface area contributed by atoms with Gasteiger partial charge in [0.25, 0.3) is 5.91 Å². The van der Waals surface area contributed by atoms with Crippen LogP contribution in [0.5, 0.6) is 0 Å². The van der Waals surface area contributed by atoms with Crippen molar-refractivity contribution in [1.82, 2.24) is 5.32 Å². The number of amides is 1. The lowest BCUT2D eigenvalue weighted by atomic mass is 9.78. The number of aliphatic hydroxyl groups excluding tert-OH is 1. The molecule has 0 aromatic heterocycles. The lowest BCUT2D eigenvalue weighted by Crippen LogP contribution is -2.48. The molecule has 25 heavy (non-hydrogen) atoms. The van der Waals surface area contributed by atoms with Crippen LogP contribution < -0.4 is 5.32 Å². The summed E-state index contributed by atoms with van der Waals surface area (Å²) in [4.78, 5) is 12.8. The van der Waals surface area contributed by atoms with Gasteiger partial charge in [-0.2, -0.15) is 0 Å². The third-order valence-electron chi connectivity index (χ3n) is 6.06. The van der Waals surface area contributed by atoms with Gasteiger partial charge in [0.1, 0.15) is 5.76 Å². The van der Waals surface area contributed by atoms with Gasteiger partial charge in [0.15, 0.2) is 0 Å². The van der Waals surface area contributed by atoms with Crippen LogP contribution in [0.15, 0.2) is 11.8 Å². The van der Waals surface area contributed by atoms with Crippen LogP contribution in [0.3, 0.4) is 0 Å². The molecule has 1 heterocycles. The van der Waals surface area contributed by atoms with Crippen molar-refractivity contribution >= 4 is 11.5 Å². The number of aryl methyl sites for hydroxylation is 2. The van der Waals surface area contributed by atoms with Crippen LogP contribution in [0, 0.1) is 27.7 Å². The Morgan fingerprint density at radius 2 is 1.80 bits per heavy atom. The fourth-order valence-electron chi connectivity index (χ4n) is 4.43. The Labute approximate surface area is 150 Å². The van der Waals surface area contributed by atoms with E-state index in [4.69, 9.17) is 4.74 Å². The summed E-state index contributed by atoms with van der Waals surface area (Å²) >= 11 is 0. The summed E-state index contributed by atoms with van der Waals surface area (Å²) in [6, 6.07) is 2.10. The van der Waals surface area contributed by atoms with Gasteiger partial charge < -0.3 is 15.2 Å². The quantitative estimate of drug-likeness (QED) is 0.871. The van der Waals surface area contributed by atoms with Gasteiger partial charge in [-0.1, -0.05) is 6.07 Å². The summed E-state index contributed by atoms with van der Waals surface area (Å²) in [6.07, 6.45) is 3.39. The summed E-state index contributed by atoms with van der Waals surface area (Å²) in [5.74, 6) is 0.0729. The van der Waals surface area contributed by atoms with E-state index in [0.717, 1.165) is 42.4 Å². The van der Waals surface area contributed by atoms with Crippen molar-refractivity contribution in [2.45, 2.75) is 71.9 Å². The molecule has 0 atom stereocenters. The average molecular weight is 343 g/mol. The maximum absolute atomic E-state index is 12.8. The molecule has 0 radical (unpaired) electrons. The Morgan fingerprint density at radius 3 is 2.40 bits per heavy atom. The summed E-state index contributed by atoms with van der Waals surface area (Å²) in [6.45, 7) is 10.9. The van der Waals surface area contributed by atoms with Gasteiger partial charge >= 0.3 is 0 Å². The highest BCUT2D eigenvalue weighted by molar-refractivity contribution is 6.24. The highest BCUT2D eigenvalue weighted by atomic mass is 16.5. The van der Waals surface area contributed by atoms with Crippen LogP contribution in [0.1, 0.15) is 60.4 Å². The highest BCUT2D eigenvalue weighted by Gasteiger charge is 2.48. The zero-order valence-electron chi connectivity index (χ0n) is 16.0. The van der Waals surface area contributed by atoms with Crippen molar-refractivity contribution in [3.05, 3.63) is 39.6 Å². The van der Waals surface area contributed by atoms with Crippen LogP contribution in [0.4, 0.5) is 0 Å². The Balaban J connectivity index is 2.02. The van der Waals surface area contributed by atoms with Crippen molar-refractivity contribution in [2.24, 2.45) is 0 Å². The molecule has 2 N–H and O–H groups in total. The van der Waals surface area contributed by atoms with E-state index in [1.165, 1.54) is 11.1 Å².